The van der Waals surface area contributed by atoms with Crippen molar-refractivity contribution in [2.24, 2.45) is 11.8 Å². The molecule has 0 unspecified atom stereocenters. The summed E-state index contributed by atoms with van der Waals surface area (Å²) in [6.45, 7) is 4.04. The Morgan fingerprint density at radius 1 is 1.46 bits per heavy atom. The predicted octanol–water partition coefficient (Wildman–Crippen LogP) is 3.30. The molecule has 1 aliphatic carbocycles. The number of carbonyl (C=O) groups is 1. The summed E-state index contributed by atoms with van der Waals surface area (Å²) in [4.78, 5) is 20.8. The summed E-state index contributed by atoms with van der Waals surface area (Å²) >= 11 is 0. The molecule has 0 fully saturated rings. The number of carbonyl (C=O) groups excluding carboxylic acids is 1. The van der Waals surface area contributed by atoms with Crippen LogP contribution in [0.15, 0.2) is 41.2 Å². The minimum absolute atomic E-state index is 0.0198. The number of hydrogen-bond donors (Lipinski definition) is 1. The largest absolute Gasteiger partial charge is 0.344 e. The molecule has 0 radical (unpaired) electrons. The van der Waals surface area contributed by atoms with Gasteiger partial charge in [-0.15, -0.1) is 0 Å². The Balaban J connectivity index is 1.70. The third-order valence-corrected chi connectivity index (χ3v) is 4.17. The Labute approximate surface area is 141 Å². The first-order valence-corrected chi connectivity index (χ1v) is 8.33. The number of nitrogens with one attached hydrogen (secondary N) is 1. The van der Waals surface area contributed by atoms with Crippen molar-refractivity contribution in [1.29, 1.82) is 0 Å². The summed E-state index contributed by atoms with van der Waals surface area (Å²) in [5.74, 6) is 1.42. The second-order valence-corrected chi connectivity index (χ2v) is 6.46. The van der Waals surface area contributed by atoms with Crippen LogP contribution in [0.1, 0.15) is 45.0 Å². The maximum atomic E-state index is 12.3. The molecule has 1 aliphatic rings. The normalized spacial score (nSPS) is 18.0. The Bertz CT molecular complexity index is 709. The predicted molar refractivity (Wildman–Crippen MR) is 89.7 cm³/mol. The second kappa shape index (κ2) is 7.38. The van der Waals surface area contributed by atoms with Gasteiger partial charge in [0.2, 0.25) is 17.6 Å². The van der Waals surface area contributed by atoms with Crippen LogP contribution in [-0.2, 0) is 4.79 Å². The van der Waals surface area contributed by atoms with E-state index < -0.39 is 0 Å². The summed E-state index contributed by atoms with van der Waals surface area (Å²) in [6, 6.07) is 3.40. The Morgan fingerprint density at radius 2 is 2.33 bits per heavy atom. The zero-order valence-electron chi connectivity index (χ0n) is 14.0. The molecular weight excluding hydrogens is 304 g/mol. The lowest BCUT2D eigenvalue weighted by Gasteiger charge is -2.19. The van der Waals surface area contributed by atoms with Crippen LogP contribution >= 0.6 is 0 Å². The fourth-order valence-electron chi connectivity index (χ4n) is 2.82. The van der Waals surface area contributed by atoms with Gasteiger partial charge in [0, 0.05) is 24.4 Å². The molecular formula is C18H22N4O2. The molecule has 2 heterocycles. The maximum Gasteiger partial charge on any atom is 0.249 e. The molecule has 24 heavy (non-hydrogen) atoms. The van der Waals surface area contributed by atoms with Gasteiger partial charge in [-0.25, -0.2) is 0 Å². The van der Waals surface area contributed by atoms with Gasteiger partial charge < -0.3 is 9.84 Å². The molecule has 0 aliphatic heterocycles. The van der Waals surface area contributed by atoms with Gasteiger partial charge in [-0.3, -0.25) is 9.78 Å². The van der Waals surface area contributed by atoms with Crippen molar-refractivity contribution in [3.05, 3.63) is 42.6 Å². The van der Waals surface area contributed by atoms with Gasteiger partial charge in [0.15, 0.2) is 0 Å². The van der Waals surface area contributed by atoms with Gasteiger partial charge in [-0.05, 0) is 36.8 Å². The van der Waals surface area contributed by atoms with E-state index in [1.54, 1.807) is 12.4 Å². The van der Waals surface area contributed by atoms with Gasteiger partial charge in [-0.2, -0.15) is 4.98 Å². The van der Waals surface area contributed by atoms with Crippen molar-refractivity contribution < 1.29 is 9.32 Å². The molecule has 0 spiro atoms. The molecule has 0 saturated heterocycles. The van der Waals surface area contributed by atoms with Gasteiger partial charge in [0.25, 0.3) is 0 Å². The topological polar surface area (TPSA) is 80.9 Å². The number of hydrogen-bond acceptors (Lipinski definition) is 5. The number of allylic oxidation sites excluding steroid dienone is 2. The fraction of sp³-hybridized carbons (Fsp3) is 0.444. The molecule has 2 aromatic rings. The Morgan fingerprint density at radius 3 is 3.00 bits per heavy atom. The van der Waals surface area contributed by atoms with E-state index in [-0.39, 0.29) is 17.9 Å². The molecule has 0 saturated carbocycles. The highest BCUT2D eigenvalue weighted by atomic mass is 16.5. The van der Waals surface area contributed by atoms with Gasteiger partial charge in [0.1, 0.15) is 6.04 Å². The lowest BCUT2D eigenvalue weighted by atomic mass is 10.0. The maximum absolute atomic E-state index is 12.3. The number of nitrogens with zero attached hydrogens (tertiary/aromatic N) is 3. The molecule has 2 aromatic heterocycles. The van der Waals surface area contributed by atoms with Gasteiger partial charge in [0.05, 0.1) is 0 Å². The van der Waals surface area contributed by atoms with Crippen molar-refractivity contribution >= 4 is 5.91 Å². The average molecular weight is 326 g/mol. The molecule has 0 aromatic carbocycles. The smallest absolute Gasteiger partial charge is 0.249 e. The highest BCUT2D eigenvalue weighted by Gasteiger charge is 2.26. The van der Waals surface area contributed by atoms with Crippen molar-refractivity contribution in [3.8, 4) is 11.4 Å². The Hall–Kier alpha value is -2.50. The third-order valence-electron chi connectivity index (χ3n) is 4.17. The average Bonchev–Trinajstić information content (AvgIpc) is 3.25. The van der Waals surface area contributed by atoms with Crippen LogP contribution in [0.4, 0.5) is 0 Å². The summed E-state index contributed by atoms with van der Waals surface area (Å²) in [6.07, 6.45) is 10.2. The molecule has 6 nitrogen and oxygen atoms in total. The van der Waals surface area contributed by atoms with E-state index in [2.05, 4.69) is 32.6 Å². The number of aromatic nitrogens is 3. The van der Waals surface area contributed by atoms with Crippen LogP contribution in [0, 0.1) is 11.8 Å². The molecule has 1 amide bonds. The monoisotopic (exact) mass is 326 g/mol. The number of pyridine rings is 1. The van der Waals surface area contributed by atoms with E-state index in [0.29, 0.717) is 24.1 Å². The fourth-order valence-corrected chi connectivity index (χ4v) is 2.82. The highest BCUT2D eigenvalue weighted by Crippen LogP contribution is 2.25. The quantitative estimate of drug-likeness (QED) is 0.824. The third kappa shape index (κ3) is 3.88. The van der Waals surface area contributed by atoms with Crippen molar-refractivity contribution in [3.63, 3.8) is 0 Å². The molecule has 126 valence electrons. The number of rotatable bonds is 6. The first-order chi connectivity index (χ1) is 11.6. The minimum atomic E-state index is -0.291. The number of amides is 1. The van der Waals surface area contributed by atoms with Crippen molar-refractivity contribution in [2.75, 3.05) is 0 Å². The molecule has 2 atom stereocenters. The van der Waals surface area contributed by atoms with Crippen LogP contribution in [0.3, 0.4) is 0 Å². The molecule has 3 rings (SSSR count). The molecule has 0 bridgehead atoms. The Kier molecular flexibility index (Phi) is 5.03. The minimum Gasteiger partial charge on any atom is -0.344 e. The summed E-state index contributed by atoms with van der Waals surface area (Å²) in [7, 11) is 0. The summed E-state index contributed by atoms with van der Waals surface area (Å²) < 4.78 is 5.40. The van der Waals surface area contributed by atoms with Crippen LogP contribution < -0.4 is 5.32 Å². The van der Waals surface area contributed by atoms with Crippen LogP contribution in [0.5, 0.6) is 0 Å². The standard InChI is InChI=1S/C18H22N4O2/c1-12(2)16(20-15(23)10-13-6-3-4-7-13)18-21-17(22-24-18)14-8-5-9-19-11-14/h3,5-6,8-9,11-13,16H,4,7,10H2,1-2H3,(H,20,23)/t13-,16-/m1/s1. The molecule has 6 heteroatoms. The first-order valence-electron chi connectivity index (χ1n) is 8.33. The zero-order chi connectivity index (χ0) is 16.9. The summed E-state index contributed by atoms with van der Waals surface area (Å²) in [5.41, 5.74) is 0.789. The zero-order valence-corrected chi connectivity index (χ0v) is 14.0. The van der Waals surface area contributed by atoms with E-state index in [9.17, 15) is 4.79 Å². The highest BCUT2D eigenvalue weighted by molar-refractivity contribution is 5.76. The van der Waals surface area contributed by atoms with E-state index >= 15 is 0 Å². The van der Waals surface area contributed by atoms with Gasteiger partial charge >= 0.3 is 0 Å². The molecule has 1 N–H and O–H groups in total. The lowest BCUT2D eigenvalue weighted by Crippen LogP contribution is -2.32. The lowest BCUT2D eigenvalue weighted by molar-refractivity contribution is -0.123. The van der Waals surface area contributed by atoms with Crippen LogP contribution in [0.2, 0.25) is 0 Å². The second-order valence-electron chi connectivity index (χ2n) is 6.46. The van der Waals surface area contributed by atoms with E-state index in [4.69, 9.17) is 4.52 Å². The van der Waals surface area contributed by atoms with Crippen molar-refractivity contribution in [1.82, 2.24) is 20.4 Å². The summed E-state index contributed by atoms with van der Waals surface area (Å²) in [5, 5.41) is 7.05. The van der Waals surface area contributed by atoms with E-state index in [1.165, 1.54) is 0 Å². The van der Waals surface area contributed by atoms with E-state index in [1.807, 2.05) is 26.0 Å². The van der Waals surface area contributed by atoms with Gasteiger partial charge in [-0.1, -0.05) is 31.2 Å². The van der Waals surface area contributed by atoms with E-state index in [0.717, 1.165) is 18.4 Å². The van der Waals surface area contributed by atoms with Crippen molar-refractivity contribution in [2.45, 2.75) is 39.2 Å². The SMILES string of the molecule is CC(C)[C@@H](NC(=O)C[C@@H]1C=CCC1)c1nc(-c2cccnc2)no1. The van der Waals surface area contributed by atoms with Crippen LogP contribution in [-0.4, -0.2) is 21.0 Å². The first kappa shape index (κ1) is 16.4. The van der Waals surface area contributed by atoms with Crippen LogP contribution in [0.25, 0.3) is 11.4 Å².